The zero-order valence-corrected chi connectivity index (χ0v) is 17.7. The zero-order valence-electron chi connectivity index (χ0n) is 17.7. The fourth-order valence-corrected chi connectivity index (χ4v) is 2.87. The van der Waals surface area contributed by atoms with Crippen LogP contribution in [0.1, 0.15) is 27.4 Å². The van der Waals surface area contributed by atoms with Gasteiger partial charge in [0.15, 0.2) is 0 Å². The van der Waals surface area contributed by atoms with Crippen LogP contribution in [0.2, 0.25) is 0 Å². The maximum absolute atomic E-state index is 13.2. The number of aliphatic hydroxyl groups is 2. The molecule has 12 heteroatoms. The van der Waals surface area contributed by atoms with Crippen molar-refractivity contribution in [2.45, 2.75) is 6.42 Å². The summed E-state index contributed by atoms with van der Waals surface area (Å²) >= 11 is 0. The Morgan fingerprint density at radius 3 is 2.39 bits per heavy atom. The van der Waals surface area contributed by atoms with Crippen LogP contribution < -0.4 is 16.1 Å². The van der Waals surface area contributed by atoms with Crippen molar-refractivity contribution in [3.8, 4) is 0 Å². The SMILES string of the molecule is CN(CCC(=N)N)C(=O)c1cc(N(C(=O)c2cc(NCCO)c[nH]2)N(C)CCO)c[nH]1. The van der Waals surface area contributed by atoms with Crippen molar-refractivity contribution >= 4 is 29.0 Å². The van der Waals surface area contributed by atoms with E-state index in [1.165, 1.54) is 16.1 Å². The highest BCUT2D eigenvalue weighted by molar-refractivity contribution is 6.05. The predicted molar refractivity (Wildman–Crippen MR) is 117 cm³/mol. The number of amidine groups is 1. The molecule has 0 saturated carbocycles. The van der Waals surface area contributed by atoms with Crippen LogP contribution in [0.3, 0.4) is 0 Å². The summed E-state index contributed by atoms with van der Waals surface area (Å²) in [7, 11) is 3.25. The third-order valence-electron chi connectivity index (χ3n) is 4.52. The number of carbonyl (C=O) groups is 2. The molecule has 0 aliphatic heterocycles. The minimum atomic E-state index is -0.393. The van der Waals surface area contributed by atoms with Crippen LogP contribution >= 0.6 is 0 Å². The fraction of sp³-hybridized carbons (Fsp3) is 0.421. The average Bonchev–Trinajstić information content (AvgIpc) is 3.40. The van der Waals surface area contributed by atoms with Gasteiger partial charge in [-0.3, -0.25) is 15.0 Å². The number of aromatic nitrogens is 2. The Morgan fingerprint density at radius 1 is 1.06 bits per heavy atom. The summed E-state index contributed by atoms with van der Waals surface area (Å²) in [5, 5.41) is 31.4. The van der Waals surface area contributed by atoms with Crippen molar-refractivity contribution < 1.29 is 19.8 Å². The summed E-state index contributed by atoms with van der Waals surface area (Å²) in [6.45, 7) is 0.621. The second kappa shape index (κ2) is 11.2. The van der Waals surface area contributed by atoms with Crippen molar-refractivity contribution in [2.24, 2.45) is 5.73 Å². The van der Waals surface area contributed by atoms with Gasteiger partial charge in [-0.25, -0.2) is 10.0 Å². The molecule has 8 N–H and O–H groups in total. The molecular formula is C19H30N8O4. The van der Waals surface area contributed by atoms with E-state index in [2.05, 4.69) is 15.3 Å². The number of nitrogens with one attached hydrogen (secondary N) is 4. The molecule has 0 aliphatic rings. The monoisotopic (exact) mass is 434 g/mol. The molecule has 0 spiro atoms. The van der Waals surface area contributed by atoms with Gasteiger partial charge in [-0.1, -0.05) is 0 Å². The smallest absolute Gasteiger partial charge is 0.289 e. The van der Waals surface area contributed by atoms with Gasteiger partial charge in [-0.15, -0.1) is 0 Å². The van der Waals surface area contributed by atoms with Gasteiger partial charge in [0.25, 0.3) is 11.8 Å². The Kier molecular flexibility index (Phi) is 8.61. The van der Waals surface area contributed by atoms with Crippen molar-refractivity contribution in [3.63, 3.8) is 0 Å². The molecule has 12 nitrogen and oxygen atoms in total. The molecule has 0 aromatic carbocycles. The number of rotatable bonds is 12. The van der Waals surface area contributed by atoms with E-state index < -0.39 is 5.91 Å². The second-order valence-corrected chi connectivity index (χ2v) is 6.95. The van der Waals surface area contributed by atoms with Gasteiger partial charge in [-0.2, -0.15) is 0 Å². The van der Waals surface area contributed by atoms with Crippen molar-refractivity contribution in [2.75, 3.05) is 57.3 Å². The number of likely N-dealkylation sites (N-methyl/N-ethyl adjacent to an activating group) is 1. The summed E-state index contributed by atoms with van der Waals surface area (Å²) in [5.41, 5.74) is 6.98. The molecule has 0 atom stereocenters. The molecule has 31 heavy (non-hydrogen) atoms. The maximum Gasteiger partial charge on any atom is 0.289 e. The van der Waals surface area contributed by atoms with Crippen molar-refractivity contribution in [1.82, 2.24) is 19.9 Å². The van der Waals surface area contributed by atoms with Gasteiger partial charge in [0.05, 0.1) is 30.4 Å². The van der Waals surface area contributed by atoms with E-state index in [1.807, 2.05) is 0 Å². The second-order valence-electron chi connectivity index (χ2n) is 6.95. The Labute approximate surface area is 180 Å². The van der Waals surface area contributed by atoms with Crippen LogP contribution in [-0.4, -0.2) is 94.7 Å². The first-order chi connectivity index (χ1) is 14.8. The molecule has 0 saturated heterocycles. The number of hydrogen-bond acceptors (Lipinski definition) is 7. The number of anilines is 2. The molecule has 2 heterocycles. The van der Waals surface area contributed by atoms with E-state index in [1.54, 1.807) is 37.4 Å². The van der Waals surface area contributed by atoms with Gasteiger partial charge in [-0.05, 0) is 12.1 Å². The van der Waals surface area contributed by atoms with Crippen LogP contribution in [0.15, 0.2) is 24.5 Å². The van der Waals surface area contributed by atoms with Crippen molar-refractivity contribution in [3.05, 3.63) is 35.9 Å². The summed E-state index contributed by atoms with van der Waals surface area (Å²) < 4.78 is 0. The molecule has 2 aromatic rings. The lowest BCUT2D eigenvalue weighted by Crippen LogP contribution is -2.45. The molecular weight excluding hydrogens is 404 g/mol. The highest BCUT2D eigenvalue weighted by Gasteiger charge is 2.25. The van der Waals surface area contributed by atoms with Crippen LogP contribution in [0.5, 0.6) is 0 Å². The van der Waals surface area contributed by atoms with E-state index >= 15 is 0 Å². The first-order valence-electron chi connectivity index (χ1n) is 9.74. The number of H-pyrrole nitrogens is 2. The largest absolute Gasteiger partial charge is 0.395 e. The molecule has 2 amide bonds. The number of aliphatic hydroxyl groups excluding tert-OH is 2. The molecule has 0 unspecified atom stereocenters. The Hall–Kier alpha value is -3.35. The standard InChI is InChI=1S/C19H30N8O4/c1-25(5-3-17(20)21)18(30)16-10-14(12-24-16)27(26(2)6-8-29)19(31)15-9-13(11-23-15)22-4-7-28/h9-12,22-24,28-29H,3-8H2,1-2H3,(H3,20,21). The molecule has 0 fully saturated rings. The predicted octanol–water partition coefficient (Wildman–Crippen LogP) is -0.369. The van der Waals surface area contributed by atoms with Gasteiger partial charge in [0.2, 0.25) is 0 Å². The number of aromatic amines is 2. The van der Waals surface area contributed by atoms with Gasteiger partial charge in [0.1, 0.15) is 11.4 Å². The Bertz CT molecular complexity index is 893. The minimum absolute atomic E-state index is 0.00646. The van der Waals surface area contributed by atoms with Crippen LogP contribution in [0.25, 0.3) is 0 Å². The van der Waals surface area contributed by atoms with Gasteiger partial charge < -0.3 is 36.1 Å². The molecule has 0 aliphatic carbocycles. The van der Waals surface area contributed by atoms with E-state index in [4.69, 9.17) is 16.2 Å². The number of hydrogen-bond donors (Lipinski definition) is 7. The maximum atomic E-state index is 13.2. The summed E-state index contributed by atoms with van der Waals surface area (Å²) in [6, 6.07) is 3.16. The number of nitrogens with two attached hydrogens (primary N) is 1. The lowest BCUT2D eigenvalue weighted by Gasteiger charge is -2.30. The van der Waals surface area contributed by atoms with Crippen molar-refractivity contribution in [1.29, 1.82) is 5.41 Å². The molecule has 0 radical (unpaired) electrons. The topological polar surface area (TPSA) is 178 Å². The summed E-state index contributed by atoms with van der Waals surface area (Å²) in [6.07, 6.45) is 3.41. The van der Waals surface area contributed by atoms with E-state index in [0.29, 0.717) is 24.5 Å². The lowest BCUT2D eigenvalue weighted by atomic mass is 10.3. The van der Waals surface area contributed by atoms with Gasteiger partial charge >= 0.3 is 0 Å². The van der Waals surface area contributed by atoms with E-state index in [9.17, 15) is 14.7 Å². The number of nitrogens with zero attached hydrogens (tertiary/aromatic N) is 3. The normalized spacial score (nSPS) is 10.9. The molecule has 2 aromatic heterocycles. The third kappa shape index (κ3) is 6.31. The Balaban J connectivity index is 2.24. The molecule has 170 valence electrons. The zero-order chi connectivity index (χ0) is 23.0. The Morgan fingerprint density at radius 2 is 1.74 bits per heavy atom. The number of carbonyl (C=O) groups excluding carboxylic acids is 2. The molecule has 2 rings (SSSR count). The first-order valence-corrected chi connectivity index (χ1v) is 9.74. The minimum Gasteiger partial charge on any atom is -0.395 e. The van der Waals surface area contributed by atoms with E-state index in [0.717, 1.165) is 0 Å². The average molecular weight is 435 g/mol. The number of amides is 2. The molecule has 0 bridgehead atoms. The number of hydrazine groups is 1. The summed E-state index contributed by atoms with van der Waals surface area (Å²) in [5.74, 6) is -0.705. The van der Waals surface area contributed by atoms with Gasteiger partial charge in [0, 0.05) is 52.5 Å². The summed E-state index contributed by atoms with van der Waals surface area (Å²) in [4.78, 5) is 33.0. The fourth-order valence-electron chi connectivity index (χ4n) is 2.87. The third-order valence-corrected chi connectivity index (χ3v) is 4.52. The van der Waals surface area contributed by atoms with Crippen LogP contribution in [0.4, 0.5) is 11.4 Å². The van der Waals surface area contributed by atoms with Crippen LogP contribution in [0, 0.1) is 5.41 Å². The lowest BCUT2D eigenvalue weighted by molar-refractivity contribution is 0.0792. The highest BCUT2D eigenvalue weighted by atomic mass is 16.3. The first kappa shape index (κ1) is 23.9. The quantitative estimate of drug-likeness (QED) is 0.135. The van der Waals surface area contributed by atoms with E-state index in [-0.39, 0.29) is 49.3 Å². The highest BCUT2D eigenvalue weighted by Crippen LogP contribution is 2.22. The van der Waals surface area contributed by atoms with Crippen LogP contribution in [-0.2, 0) is 0 Å².